The van der Waals surface area contributed by atoms with Crippen LogP contribution in [0.1, 0.15) is 18.1 Å². The highest BCUT2D eigenvalue weighted by atomic mass is 35.5. The van der Waals surface area contributed by atoms with E-state index in [-0.39, 0.29) is 11.8 Å². The Labute approximate surface area is 111 Å². The number of halogens is 1. The minimum Gasteiger partial charge on any atom is -0.309 e. The fourth-order valence-electron chi connectivity index (χ4n) is 2.26. The molecule has 1 unspecified atom stereocenters. The Morgan fingerprint density at radius 2 is 2.24 bits per heavy atom. The van der Waals surface area contributed by atoms with Crippen molar-refractivity contribution in [2.45, 2.75) is 30.9 Å². The molecule has 0 spiro atoms. The molecule has 1 aliphatic rings. The molecular weight excluding hydrogens is 254 g/mol. The molecule has 2 nitrogen and oxygen atoms in total. The van der Waals surface area contributed by atoms with Crippen molar-refractivity contribution in [3.05, 3.63) is 23.3 Å². The Morgan fingerprint density at radius 1 is 1.53 bits per heavy atom. The van der Waals surface area contributed by atoms with Gasteiger partial charge < -0.3 is 4.90 Å². The van der Waals surface area contributed by atoms with E-state index < -0.39 is 0 Å². The maximum atomic E-state index is 11.9. The number of fused-ring (bicyclic) bond motifs is 1. The summed E-state index contributed by atoms with van der Waals surface area (Å²) in [4.78, 5) is 14.9. The van der Waals surface area contributed by atoms with Gasteiger partial charge in [-0.2, -0.15) is 0 Å². The molecular formula is C13H16ClNOS. The predicted molar refractivity (Wildman–Crippen MR) is 74.3 cm³/mol. The van der Waals surface area contributed by atoms with Crippen LogP contribution in [0.4, 0.5) is 5.69 Å². The number of hydrogen-bond donors (Lipinski definition) is 0. The summed E-state index contributed by atoms with van der Waals surface area (Å²) in [5.74, 6) is 0.0384. The molecule has 4 heteroatoms. The van der Waals surface area contributed by atoms with Crippen molar-refractivity contribution in [1.29, 1.82) is 0 Å². The number of hydrogen-bond acceptors (Lipinski definition) is 2. The minimum atomic E-state index is -0.00739. The second-order valence-electron chi connectivity index (χ2n) is 4.50. The number of anilines is 1. The lowest BCUT2D eigenvalue weighted by Gasteiger charge is -2.34. The summed E-state index contributed by atoms with van der Waals surface area (Å²) in [6.07, 6.45) is 0. The summed E-state index contributed by atoms with van der Waals surface area (Å²) in [6.45, 7) is 7.02. The largest absolute Gasteiger partial charge is 0.309 e. The van der Waals surface area contributed by atoms with Crippen LogP contribution in [-0.4, -0.2) is 23.6 Å². The maximum Gasteiger partial charge on any atom is 0.241 e. The molecule has 0 aromatic heterocycles. The van der Waals surface area contributed by atoms with Crippen molar-refractivity contribution >= 4 is 35.0 Å². The van der Waals surface area contributed by atoms with E-state index in [4.69, 9.17) is 11.6 Å². The van der Waals surface area contributed by atoms with Gasteiger partial charge >= 0.3 is 0 Å². The van der Waals surface area contributed by atoms with E-state index >= 15 is 0 Å². The van der Waals surface area contributed by atoms with Gasteiger partial charge in [0.05, 0.1) is 5.69 Å². The van der Waals surface area contributed by atoms with Gasteiger partial charge in [0.1, 0.15) is 5.88 Å². The smallest absolute Gasteiger partial charge is 0.241 e. The van der Waals surface area contributed by atoms with Crippen LogP contribution in [-0.2, 0) is 4.79 Å². The lowest BCUT2D eigenvalue weighted by Crippen LogP contribution is -2.39. The fourth-order valence-corrected chi connectivity index (χ4v) is 3.70. The first kappa shape index (κ1) is 12.8. The first-order valence-electron chi connectivity index (χ1n) is 5.67. The Bertz CT molecular complexity index is 461. The van der Waals surface area contributed by atoms with Crippen LogP contribution in [0.2, 0.25) is 0 Å². The zero-order valence-electron chi connectivity index (χ0n) is 10.3. The molecule has 1 amide bonds. The van der Waals surface area contributed by atoms with E-state index in [2.05, 4.69) is 32.9 Å². The van der Waals surface area contributed by atoms with Crippen LogP contribution >= 0.6 is 23.4 Å². The molecule has 0 fully saturated rings. The standard InChI is InChI=1S/C13H16ClNOS/c1-8-4-9(2)13-11(5-8)17-10(3)7-15(13)12(16)6-14/h4-5,10H,6-7H2,1-3H3. The molecule has 1 aromatic rings. The number of rotatable bonds is 1. The fraction of sp³-hybridized carbons (Fsp3) is 0.462. The number of amides is 1. The Balaban J connectivity index is 2.52. The highest BCUT2D eigenvalue weighted by molar-refractivity contribution is 8.00. The molecule has 17 heavy (non-hydrogen) atoms. The molecule has 0 N–H and O–H groups in total. The zero-order valence-corrected chi connectivity index (χ0v) is 11.9. The predicted octanol–water partition coefficient (Wildman–Crippen LogP) is 3.37. The summed E-state index contributed by atoms with van der Waals surface area (Å²) in [6, 6.07) is 4.26. The highest BCUT2D eigenvalue weighted by Gasteiger charge is 2.27. The SMILES string of the molecule is Cc1cc(C)c2c(c1)SC(C)CN2C(=O)CCl. The summed E-state index contributed by atoms with van der Waals surface area (Å²) < 4.78 is 0. The number of thioether (sulfide) groups is 1. The van der Waals surface area contributed by atoms with Crippen LogP contribution in [0.15, 0.2) is 17.0 Å². The van der Waals surface area contributed by atoms with Crippen LogP contribution < -0.4 is 4.90 Å². The minimum absolute atomic E-state index is 0.00739. The van der Waals surface area contributed by atoms with Gasteiger partial charge in [0, 0.05) is 16.7 Å². The summed E-state index contributed by atoms with van der Waals surface area (Å²) in [5.41, 5.74) is 3.43. The molecule has 92 valence electrons. The summed E-state index contributed by atoms with van der Waals surface area (Å²) in [5, 5.41) is 0.413. The van der Waals surface area contributed by atoms with Crippen LogP contribution in [0.3, 0.4) is 0 Å². The van der Waals surface area contributed by atoms with E-state index in [0.29, 0.717) is 5.25 Å². The van der Waals surface area contributed by atoms with Crippen LogP contribution in [0.25, 0.3) is 0 Å². The van der Waals surface area contributed by atoms with Gasteiger partial charge in [-0.25, -0.2) is 0 Å². The molecule has 1 heterocycles. The zero-order chi connectivity index (χ0) is 12.6. The normalized spacial score (nSPS) is 19.1. The first-order valence-corrected chi connectivity index (χ1v) is 7.08. The molecule has 0 bridgehead atoms. The van der Waals surface area contributed by atoms with Crippen molar-refractivity contribution in [3.8, 4) is 0 Å². The molecule has 1 aromatic carbocycles. The third-order valence-corrected chi connectivity index (χ3v) is 4.21. The molecule has 0 radical (unpaired) electrons. The monoisotopic (exact) mass is 269 g/mol. The van der Waals surface area contributed by atoms with Gasteiger partial charge in [-0.15, -0.1) is 23.4 Å². The Kier molecular flexibility index (Phi) is 3.69. The van der Waals surface area contributed by atoms with Gasteiger partial charge in [-0.05, 0) is 31.0 Å². The van der Waals surface area contributed by atoms with E-state index in [9.17, 15) is 4.79 Å². The van der Waals surface area contributed by atoms with Crippen molar-refractivity contribution in [3.63, 3.8) is 0 Å². The van der Waals surface area contributed by atoms with Crippen LogP contribution in [0, 0.1) is 13.8 Å². The van der Waals surface area contributed by atoms with E-state index in [0.717, 1.165) is 17.8 Å². The molecule has 0 aliphatic carbocycles. The molecule has 0 saturated heterocycles. The van der Waals surface area contributed by atoms with E-state index in [1.807, 2.05) is 16.7 Å². The number of alkyl halides is 1. The second-order valence-corrected chi connectivity index (χ2v) is 6.24. The topological polar surface area (TPSA) is 20.3 Å². The molecule has 2 rings (SSSR count). The number of nitrogens with zero attached hydrogens (tertiary/aromatic N) is 1. The summed E-state index contributed by atoms with van der Waals surface area (Å²) >= 11 is 7.52. The van der Waals surface area contributed by atoms with Crippen LogP contribution in [0.5, 0.6) is 0 Å². The maximum absolute atomic E-state index is 11.9. The first-order chi connectivity index (χ1) is 8.02. The average molecular weight is 270 g/mol. The number of carbonyl (C=O) groups excluding carboxylic acids is 1. The lowest BCUT2D eigenvalue weighted by molar-refractivity contribution is -0.116. The van der Waals surface area contributed by atoms with E-state index in [1.165, 1.54) is 10.5 Å². The summed E-state index contributed by atoms with van der Waals surface area (Å²) in [7, 11) is 0. The van der Waals surface area contributed by atoms with Gasteiger partial charge in [-0.1, -0.05) is 13.0 Å². The highest BCUT2D eigenvalue weighted by Crippen LogP contribution is 2.41. The van der Waals surface area contributed by atoms with Crippen molar-refractivity contribution < 1.29 is 4.79 Å². The third kappa shape index (κ3) is 2.45. The second kappa shape index (κ2) is 4.91. The van der Waals surface area contributed by atoms with Gasteiger partial charge in [0.25, 0.3) is 0 Å². The molecule has 0 saturated carbocycles. The number of aryl methyl sites for hydroxylation is 2. The molecule has 1 atom stereocenters. The van der Waals surface area contributed by atoms with Gasteiger partial charge in [0.2, 0.25) is 5.91 Å². The third-order valence-electron chi connectivity index (χ3n) is 2.86. The van der Waals surface area contributed by atoms with Gasteiger partial charge in [-0.3, -0.25) is 4.79 Å². The Morgan fingerprint density at radius 3 is 2.88 bits per heavy atom. The van der Waals surface area contributed by atoms with Crippen molar-refractivity contribution in [1.82, 2.24) is 0 Å². The lowest BCUT2D eigenvalue weighted by atomic mass is 10.1. The number of carbonyl (C=O) groups is 1. The van der Waals surface area contributed by atoms with Gasteiger partial charge in [0.15, 0.2) is 0 Å². The quantitative estimate of drug-likeness (QED) is 0.729. The Hall–Kier alpha value is -0.670. The molecule has 1 aliphatic heterocycles. The van der Waals surface area contributed by atoms with E-state index in [1.54, 1.807) is 0 Å². The number of benzene rings is 1. The average Bonchev–Trinajstić information content (AvgIpc) is 2.25. The van der Waals surface area contributed by atoms with Crippen molar-refractivity contribution in [2.24, 2.45) is 0 Å². The van der Waals surface area contributed by atoms with Crippen molar-refractivity contribution in [2.75, 3.05) is 17.3 Å².